The van der Waals surface area contributed by atoms with Crippen LogP contribution in [0.15, 0.2) is 83.9 Å². The number of aryl methyl sites for hydroxylation is 1. The van der Waals surface area contributed by atoms with Gasteiger partial charge in [-0.3, -0.25) is 9.36 Å². The molecule has 0 bridgehead atoms. The van der Waals surface area contributed by atoms with Gasteiger partial charge in [0.25, 0.3) is 0 Å². The molecule has 0 aliphatic rings. The molecule has 0 aliphatic heterocycles. The average Bonchev–Trinajstić information content (AvgIpc) is 3.53. The van der Waals surface area contributed by atoms with Crippen LogP contribution in [-0.2, 0) is 11.3 Å². The fraction of sp³-hybridized carbons (Fsp3) is 0.192. The summed E-state index contributed by atoms with van der Waals surface area (Å²) in [5.41, 5.74) is 3.08. The number of carbonyl (C=O) groups excluding carboxylic acids is 1. The summed E-state index contributed by atoms with van der Waals surface area (Å²) in [6.07, 6.45) is 1.79. The van der Waals surface area contributed by atoms with Gasteiger partial charge in [0.1, 0.15) is 5.75 Å². The van der Waals surface area contributed by atoms with E-state index in [1.807, 2.05) is 46.3 Å². The Bertz CT molecular complexity index is 1250. The van der Waals surface area contributed by atoms with E-state index in [-0.39, 0.29) is 17.7 Å². The van der Waals surface area contributed by atoms with Crippen LogP contribution in [0.5, 0.6) is 5.75 Å². The highest BCUT2D eigenvalue weighted by molar-refractivity contribution is 7.99. The van der Waals surface area contributed by atoms with Gasteiger partial charge in [0, 0.05) is 11.4 Å². The van der Waals surface area contributed by atoms with Crippen molar-refractivity contribution in [3.05, 3.63) is 94.7 Å². The first-order chi connectivity index (χ1) is 16.6. The smallest absolute Gasteiger partial charge is 0.231 e. The number of amides is 1. The molecule has 4 aromatic rings. The van der Waals surface area contributed by atoms with E-state index in [1.54, 1.807) is 24.5 Å². The zero-order chi connectivity index (χ0) is 23.9. The Morgan fingerprint density at radius 1 is 1.18 bits per heavy atom. The predicted molar refractivity (Wildman–Crippen MR) is 138 cm³/mol. The van der Waals surface area contributed by atoms with Gasteiger partial charge in [0.05, 0.1) is 24.5 Å². The summed E-state index contributed by atoms with van der Waals surface area (Å²) in [7, 11) is 1.63. The number of methoxy groups -OCH3 is 1. The number of aromatic nitrogens is 3. The number of carbonyl (C=O) groups is 1. The van der Waals surface area contributed by atoms with Crippen LogP contribution >= 0.6 is 23.1 Å². The lowest BCUT2D eigenvalue weighted by atomic mass is 10.0. The minimum Gasteiger partial charge on any atom is -0.496 e. The number of ether oxygens (including phenoxy) is 1. The van der Waals surface area contributed by atoms with E-state index in [0.29, 0.717) is 23.3 Å². The number of benzene rings is 2. The van der Waals surface area contributed by atoms with Crippen LogP contribution in [0, 0.1) is 6.92 Å². The van der Waals surface area contributed by atoms with Crippen LogP contribution in [0.4, 0.5) is 0 Å². The Hall–Kier alpha value is -3.36. The average molecular weight is 491 g/mol. The van der Waals surface area contributed by atoms with Crippen LogP contribution in [0.2, 0.25) is 0 Å². The molecule has 2 aromatic carbocycles. The highest BCUT2D eigenvalue weighted by Gasteiger charge is 2.20. The molecule has 2 aromatic heterocycles. The van der Waals surface area contributed by atoms with Crippen LogP contribution in [0.25, 0.3) is 11.4 Å². The molecule has 1 atom stereocenters. The second-order valence-electron chi connectivity index (χ2n) is 7.62. The fourth-order valence-corrected chi connectivity index (χ4v) is 5.15. The molecule has 6 nitrogen and oxygen atoms in total. The summed E-state index contributed by atoms with van der Waals surface area (Å²) in [6.45, 7) is 6.43. The van der Waals surface area contributed by atoms with Crippen molar-refractivity contribution in [3.8, 4) is 17.1 Å². The SMILES string of the molecule is C=CCn1c(SCC(=O)NC(c2ccc(C)cc2)c2cccs2)nnc1-c1ccccc1OC. The van der Waals surface area contributed by atoms with Crippen molar-refractivity contribution < 1.29 is 9.53 Å². The monoisotopic (exact) mass is 490 g/mol. The zero-order valence-electron chi connectivity index (χ0n) is 19.1. The molecule has 0 radical (unpaired) electrons. The lowest BCUT2D eigenvalue weighted by molar-refractivity contribution is -0.119. The van der Waals surface area contributed by atoms with Gasteiger partial charge >= 0.3 is 0 Å². The molecule has 8 heteroatoms. The summed E-state index contributed by atoms with van der Waals surface area (Å²) in [5.74, 6) is 1.54. The van der Waals surface area contributed by atoms with Gasteiger partial charge in [-0.2, -0.15) is 0 Å². The third-order valence-electron chi connectivity index (χ3n) is 5.25. The number of thioether (sulfide) groups is 1. The van der Waals surface area contributed by atoms with E-state index >= 15 is 0 Å². The quantitative estimate of drug-likeness (QED) is 0.235. The molecular weight excluding hydrogens is 464 g/mol. The Labute approximate surface area is 207 Å². The van der Waals surface area contributed by atoms with E-state index in [4.69, 9.17) is 4.74 Å². The molecule has 2 heterocycles. The fourth-order valence-electron chi connectivity index (χ4n) is 3.58. The van der Waals surface area contributed by atoms with E-state index in [1.165, 1.54) is 17.3 Å². The summed E-state index contributed by atoms with van der Waals surface area (Å²) < 4.78 is 7.44. The van der Waals surface area contributed by atoms with Crippen molar-refractivity contribution in [1.82, 2.24) is 20.1 Å². The summed E-state index contributed by atoms with van der Waals surface area (Å²) in [6, 6.07) is 19.8. The third-order valence-corrected chi connectivity index (χ3v) is 7.16. The number of allylic oxidation sites excluding steroid dienone is 1. The van der Waals surface area contributed by atoms with Crippen LogP contribution in [0.3, 0.4) is 0 Å². The topological polar surface area (TPSA) is 69.0 Å². The van der Waals surface area contributed by atoms with Gasteiger partial charge in [0.2, 0.25) is 5.91 Å². The van der Waals surface area contributed by atoms with Gasteiger partial charge in [-0.15, -0.1) is 28.1 Å². The molecule has 1 amide bonds. The molecule has 0 saturated carbocycles. The number of nitrogens with one attached hydrogen (secondary N) is 1. The Morgan fingerprint density at radius 3 is 2.68 bits per heavy atom. The van der Waals surface area contributed by atoms with E-state index in [9.17, 15) is 4.79 Å². The molecule has 34 heavy (non-hydrogen) atoms. The molecule has 0 fully saturated rings. The molecule has 4 rings (SSSR count). The van der Waals surface area contributed by atoms with E-state index in [0.717, 1.165) is 16.0 Å². The maximum absolute atomic E-state index is 13.0. The maximum atomic E-state index is 13.0. The highest BCUT2D eigenvalue weighted by Crippen LogP contribution is 2.31. The molecule has 0 saturated heterocycles. The van der Waals surface area contributed by atoms with Crippen molar-refractivity contribution in [3.63, 3.8) is 0 Å². The van der Waals surface area contributed by atoms with Gasteiger partial charge in [0.15, 0.2) is 11.0 Å². The molecule has 1 unspecified atom stereocenters. The van der Waals surface area contributed by atoms with Gasteiger partial charge in [-0.25, -0.2) is 0 Å². The predicted octanol–water partition coefficient (Wildman–Crippen LogP) is 5.51. The normalized spacial score (nSPS) is 11.7. The highest BCUT2D eigenvalue weighted by atomic mass is 32.2. The second-order valence-corrected chi connectivity index (χ2v) is 9.54. The minimum atomic E-state index is -0.191. The molecule has 0 aliphatic carbocycles. The number of para-hydroxylation sites is 1. The molecular formula is C26H26N4O2S2. The number of hydrogen-bond donors (Lipinski definition) is 1. The third kappa shape index (κ3) is 5.40. The largest absolute Gasteiger partial charge is 0.496 e. The van der Waals surface area contributed by atoms with Crippen LogP contribution in [-0.4, -0.2) is 33.5 Å². The van der Waals surface area contributed by atoms with Crippen molar-refractivity contribution in [2.45, 2.75) is 24.7 Å². The van der Waals surface area contributed by atoms with Crippen LogP contribution < -0.4 is 10.1 Å². The number of thiophene rings is 1. The van der Waals surface area contributed by atoms with Crippen molar-refractivity contribution in [1.29, 1.82) is 0 Å². The Balaban J connectivity index is 1.51. The van der Waals surface area contributed by atoms with Gasteiger partial charge < -0.3 is 10.1 Å². The Kier molecular flexibility index (Phi) is 7.82. The van der Waals surface area contributed by atoms with E-state index in [2.05, 4.69) is 53.3 Å². The van der Waals surface area contributed by atoms with Crippen LogP contribution in [0.1, 0.15) is 22.0 Å². The number of nitrogens with zero attached hydrogens (tertiary/aromatic N) is 3. The second kappa shape index (κ2) is 11.2. The number of rotatable bonds is 10. The van der Waals surface area contributed by atoms with Crippen molar-refractivity contribution in [2.75, 3.05) is 12.9 Å². The molecule has 0 spiro atoms. The summed E-state index contributed by atoms with van der Waals surface area (Å²) in [4.78, 5) is 14.1. The zero-order valence-corrected chi connectivity index (χ0v) is 20.7. The maximum Gasteiger partial charge on any atom is 0.231 e. The van der Waals surface area contributed by atoms with Crippen molar-refractivity contribution in [2.24, 2.45) is 0 Å². The summed E-state index contributed by atoms with van der Waals surface area (Å²) >= 11 is 2.98. The van der Waals surface area contributed by atoms with E-state index < -0.39 is 0 Å². The number of hydrogen-bond acceptors (Lipinski definition) is 6. The molecule has 174 valence electrons. The lowest BCUT2D eigenvalue weighted by Crippen LogP contribution is -2.30. The minimum absolute atomic E-state index is 0.0732. The van der Waals surface area contributed by atoms with Crippen molar-refractivity contribution >= 4 is 29.0 Å². The first-order valence-corrected chi connectivity index (χ1v) is 12.7. The Morgan fingerprint density at radius 2 is 1.97 bits per heavy atom. The van der Waals surface area contributed by atoms with Gasteiger partial charge in [-0.05, 0) is 36.1 Å². The first kappa shape index (κ1) is 23.8. The first-order valence-electron chi connectivity index (χ1n) is 10.8. The molecule has 1 N–H and O–H groups in total. The lowest BCUT2D eigenvalue weighted by Gasteiger charge is -2.18. The standard InChI is InChI=1S/C26H26N4O2S2/c1-4-15-30-25(20-8-5-6-9-21(20)32-3)28-29-26(30)34-17-23(31)27-24(22-10-7-16-33-22)19-13-11-18(2)12-14-19/h4-14,16,24H,1,15,17H2,2-3H3,(H,27,31). The van der Waals surface area contributed by atoms with Gasteiger partial charge in [-0.1, -0.05) is 65.9 Å². The summed E-state index contributed by atoms with van der Waals surface area (Å²) in [5, 5.41) is 14.6.